The second kappa shape index (κ2) is 7.16. The van der Waals surface area contributed by atoms with Crippen molar-refractivity contribution in [1.29, 1.82) is 0 Å². The number of hydrogen-bond donors (Lipinski definition) is 2. The predicted octanol–water partition coefficient (Wildman–Crippen LogP) is 1.61. The summed E-state index contributed by atoms with van der Waals surface area (Å²) >= 11 is 6.00. The highest BCUT2D eigenvalue weighted by Crippen LogP contribution is 2.23. The third kappa shape index (κ3) is 9.49. The van der Waals surface area contributed by atoms with E-state index < -0.39 is 16.3 Å². The van der Waals surface area contributed by atoms with Crippen LogP contribution in [0.2, 0.25) is 0 Å². The van der Waals surface area contributed by atoms with E-state index >= 15 is 0 Å². The minimum atomic E-state index is -3.91. The van der Waals surface area contributed by atoms with Crippen molar-refractivity contribution in [3.8, 4) is 0 Å². The summed E-state index contributed by atoms with van der Waals surface area (Å²) in [4.78, 5) is 10.9. The Balaban J connectivity index is 4.15. The Kier molecular flexibility index (Phi) is 6.94. The summed E-state index contributed by atoms with van der Waals surface area (Å²) in [5, 5.41) is -0.344. The van der Waals surface area contributed by atoms with Crippen LogP contribution in [-0.4, -0.2) is 33.0 Å². The molecule has 0 aromatic rings. The molecular formula is C10H21ClN2O4S. The Morgan fingerprint density at radius 3 is 2.39 bits per heavy atom. The van der Waals surface area contributed by atoms with Gasteiger partial charge in [-0.1, -0.05) is 20.8 Å². The van der Waals surface area contributed by atoms with Crippen LogP contribution < -0.4 is 9.44 Å². The Morgan fingerprint density at radius 1 is 1.39 bits per heavy atom. The summed E-state index contributed by atoms with van der Waals surface area (Å²) in [5.74, 6) is 0. The Hall–Kier alpha value is -0.530. The van der Waals surface area contributed by atoms with Gasteiger partial charge in [-0.2, -0.15) is 13.1 Å². The van der Waals surface area contributed by atoms with Crippen molar-refractivity contribution in [1.82, 2.24) is 9.44 Å². The summed E-state index contributed by atoms with van der Waals surface area (Å²) in [6.07, 6.45) is -0.358. The van der Waals surface area contributed by atoms with Crippen LogP contribution in [-0.2, 0) is 14.9 Å². The molecular weight excluding hydrogens is 280 g/mol. The highest BCUT2D eigenvalue weighted by atomic mass is 35.5. The van der Waals surface area contributed by atoms with E-state index in [0.717, 1.165) is 0 Å². The zero-order chi connectivity index (χ0) is 14.4. The second-order valence-electron chi connectivity index (χ2n) is 5.04. The van der Waals surface area contributed by atoms with Gasteiger partial charge in [-0.25, -0.2) is 9.52 Å². The fourth-order valence-corrected chi connectivity index (χ4v) is 2.65. The number of ether oxygens (including phenoxy) is 1. The lowest BCUT2D eigenvalue weighted by Gasteiger charge is -2.21. The Bertz CT molecular complexity index is 365. The van der Waals surface area contributed by atoms with Crippen molar-refractivity contribution in [3.63, 3.8) is 0 Å². The highest BCUT2D eigenvalue weighted by molar-refractivity contribution is 7.88. The fourth-order valence-electron chi connectivity index (χ4n) is 1.24. The van der Waals surface area contributed by atoms with Gasteiger partial charge in [0.25, 0.3) is 0 Å². The Morgan fingerprint density at radius 2 is 1.94 bits per heavy atom. The molecule has 0 spiro atoms. The van der Waals surface area contributed by atoms with Gasteiger partial charge in [0.05, 0.1) is 6.61 Å². The number of hydrogen-bond acceptors (Lipinski definition) is 4. The lowest BCUT2D eigenvalue weighted by molar-refractivity contribution is 0.158. The lowest BCUT2D eigenvalue weighted by atomic mass is 9.90. The van der Waals surface area contributed by atoms with Crippen molar-refractivity contribution < 1.29 is 17.9 Å². The van der Waals surface area contributed by atoms with E-state index in [1.807, 2.05) is 20.8 Å². The van der Waals surface area contributed by atoms with Gasteiger partial charge in [-0.05, 0) is 18.8 Å². The van der Waals surface area contributed by atoms with Crippen molar-refractivity contribution >= 4 is 27.9 Å². The van der Waals surface area contributed by atoms with Gasteiger partial charge in [0.15, 0.2) is 0 Å². The molecule has 0 radical (unpaired) electrons. The minimum absolute atomic E-state index is 0.00638. The smallest absolute Gasteiger partial charge is 0.421 e. The van der Waals surface area contributed by atoms with E-state index in [0.29, 0.717) is 6.42 Å². The quantitative estimate of drug-likeness (QED) is 0.730. The molecule has 0 aliphatic carbocycles. The number of carbonyl (C=O) groups excluding carboxylic acids is 1. The van der Waals surface area contributed by atoms with Gasteiger partial charge in [0.2, 0.25) is 0 Å². The lowest BCUT2D eigenvalue weighted by Crippen LogP contribution is -2.43. The molecule has 0 rings (SSSR count). The molecule has 6 nitrogen and oxygen atoms in total. The average Bonchev–Trinajstić information content (AvgIpc) is 2.11. The minimum Gasteiger partial charge on any atom is -0.449 e. The van der Waals surface area contributed by atoms with Crippen molar-refractivity contribution in [2.75, 3.05) is 13.2 Å². The van der Waals surface area contributed by atoms with Crippen LogP contribution in [0.5, 0.6) is 0 Å². The topological polar surface area (TPSA) is 84.5 Å². The van der Waals surface area contributed by atoms with Crippen molar-refractivity contribution in [2.45, 2.75) is 39.5 Å². The average molecular weight is 301 g/mol. The zero-order valence-electron chi connectivity index (χ0n) is 11.1. The SMILES string of the molecule is CCOC(=O)NS(=O)(=O)NCC(Cl)CC(C)(C)C. The summed E-state index contributed by atoms with van der Waals surface area (Å²) < 4.78 is 31.2. The van der Waals surface area contributed by atoms with Gasteiger partial charge in [0.1, 0.15) is 0 Å². The highest BCUT2D eigenvalue weighted by Gasteiger charge is 2.20. The molecule has 0 aromatic carbocycles. The van der Waals surface area contributed by atoms with E-state index in [9.17, 15) is 13.2 Å². The van der Waals surface area contributed by atoms with Gasteiger partial charge in [-0.15, -0.1) is 11.6 Å². The molecule has 0 aromatic heterocycles. The van der Waals surface area contributed by atoms with E-state index in [1.54, 1.807) is 11.6 Å². The molecule has 1 unspecified atom stereocenters. The Labute approximate surface area is 114 Å². The number of halogens is 1. The van der Waals surface area contributed by atoms with Gasteiger partial charge in [-0.3, -0.25) is 0 Å². The predicted molar refractivity (Wildman–Crippen MR) is 70.8 cm³/mol. The van der Waals surface area contributed by atoms with Crippen LogP contribution in [0.3, 0.4) is 0 Å². The molecule has 0 saturated heterocycles. The molecule has 0 aliphatic heterocycles. The molecule has 8 heteroatoms. The molecule has 0 bridgehead atoms. The third-order valence-electron chi connectivity index (χ3n) is 1.82. The number of rotatable bonds is 6. The normalized spacial score (nSPS) is 14.1. The summed E-state index contributed by atoms with van der Waals surface area (Å²) in [7, 11) is -3.91. The molecule has 0 aliphatic rings. The van der Waals surface area contributed by atoms with Crippen LogP contribution in [0.25, 0.3) is 0 Å². The van der Waals surface area contributed by atoms with E-state index in [4.69, 9.17) is 11.6 Å². The second-order valence-corrected chi connectivity index (χ2v) is 7.15. The maximum atomic E-state index is 11.4. The van der Waals surface area contributed by atoms with Crippen LogP contribution in [0.1, 0.15) is 34.1 Å². The van der Waals surface area contributed by atoms with E-state index in [-0.39, 0.29) is 23.9 Å². The summed E-state index contributed by atoms with van der Waals surface area (Å²) in [5.41, 5.74) is 0.00638. The van der Waals surface area contributed by atoms with Crippen LogP contribution in [0.4, 0.5) is 4.79 Å². The number of alkyl halides is 1. The number of nitrogens with one attached hydrogen (secondary N) is 2. The van der Waals surface area contributed by atoms with Gasteiger partial charge >= 0.3 is 16.3 Å². The van der Waals surface area contributed by atoms with Crippen LogP contribution in [0.15, 0.2) is 0 Å². The van der Waals surface area contributed by atoms with E-state index in [2.05, 4.69) is 9.46 Å². The first-order valence-electron chi connectivity index (χ1n) is 5.64. The van der Waals surface area contributed by atoms with Crippen LogP contribution in [0, 0.1) is 5.41 Å². The molecule has 2 N–H and O–H groups in total. The summed E-state index contributed by atoms with van der Waals surface area (Å²) in [6, 6.07) is 0. The third-order valence-corrected chi connectivity index (χ3v) is 3.11. The van der Waals surface area contributed by atoms with Crippen LogP contribution >= 0.6 is 11.6 Å². The maximum absolute atomic E-state index is 11.4. The largest absolute Gasteiger partial charge is 0.449 e. The van der Waals surface area contributed by atoms with Crippen molar-refractivity contribution in [3.05, 3.63) is 0 Å². The van der Waals surface area contributed by atoms with Gasteiger partial charge in [0, 0.05) is 11.9 Å². The maximum Gasteiger partial charge on any atom is 0.421 e. The standard InChI is InChI=1S/C10H21ClN2O4S/c1-5-17-9(14)13-18(15,16)12-7-8(11)6-10(2,3)4/h8,12H,5-7H2,1-4H3,(H,13,14). The first kappa shape index (κ1) is 17.5. The summed E-state index contributed by atoms with van der Waals surface area (Å²) in [6.45, 7) is 7.75. The zero-order valence-corrected chi connectivity index (χ0v) is 12.7. The molecule has 108 valence electrons. The van der Waals surface area contributed by atoms with Crippen molar-refractivity contribution in [2.24, 2.45) is 5.41 Å². The monoisotopic (exact) mass is 300 g/mol. The molecule has 1 atom stereocenters. The van der Waals surface area contributed by atoms with Gasteiger partial charge < -0.3 is 4.74 Å². The number of amides is 1. The molecule has 1 amide bonds. The first-order valence-corrected chi connectivity index (χ1v) is 7.56. The fraction of sp³-hybridized carbons (Fsp3) is 0.900. The number of carbonyl (C=O) groups is 1. The molecule has 0 fully saturated rings. The molecule has 0 heterocycles. The first-order chi connectivity index (χ1) is 8.06. The van der Waals surface area contributed by atoms with E-state index in [1.165, 1.54) is 0 Å². The molecule has 18 heavy (non-hydrogen) atoms. The molecule has 0 saturated carbocycles.